The predicted molar refractivity (Wildman–Crippen MR) is 105 cm³/mol. The topological polar surface area (TPSA) is 123 Å². The lowest BCUT2D eigenvalue weighted by molar-refractivity contribution is -0.385. The van der Waals surface area contributed by atoms with Gasteiger partial charge < -0.3 is 14.6 Å². The third-order valence-electron chi connectivity index (χ3n) is 4.36. The van der Waals surface area contributed by atoms with Gasteiger partial charge in [0.05, 0.1) is 16.7 Å². The number of rotatable bonds is 6. The van der Waals surface area contributed by atoms with Crippen LogP contribution in [0.4, 0.5) is 5.69 Å². The second-order valence-electron chi connectivity index (χ2n) is 6.80. The average Bonchev–Trinajstić information content (AvgIpc) is 3.08. The Hall–Kier alpha value is -3.46. The summed E-state index contributed by atoms with van der Waals surface area (Å²) in [5.74, 6) is 0.714. The van der Waals surface area contributed by atoms with Gasteiger partial charge >= 0.3 is 0 Å². The SMILES string of the molecule is CC(=O)NN=C(c1ccc([N+](=O)[O-])c(C)c1)c1cc2c(cc1C[C@H](C)O)OCO2. The van der Waals surface area contributed by atoms with Gasteiger partial charge in [-0.25, -0.2) is 5.43 Å². The molecule has 9 nitrogen and oxygen atoms in total. The molecule has 0 unspecified atom stereocenters. The largest absolute Gasteiger partial charge is 0.454 e. The molecule has 1 atom stereocenters. The van der Waals surface area contributed by atoms with Crippen LogP contribution in [0.5, 0.6) is 11.5 Å². The first-order valence-electron chi connectivity index (χ1n) is 8.97. The molecular weight excluding hydrogens is 378 g/mol. The molecule has 0 spiro atoms. The number of ether oxygens (including phenoxy) is 2. The quantitative estimate of drug-likeness (QED) is 0.437. The lowest BCUT2D eigenvalue weighted by atomic mass is 9.93. The molecule has 0 radical (unpaired) electrons. The highest BCUT2D eigenvalue weighted by atomic mass is 16.7. The van der Waals surface area contributed by atoms with E-state index < -0.39 is 11.0 Å². The molecule has 1 amide bonds. The summed E-state index contributed by atoms with van der Waals surface area (Å²) in [7, 11) is 0. The van der Waals surface area contributed by atoms with Crippen molar-refractivity contribution in [2.24, 2.45) is 5.10 Å². The van der Waals surface area contributed by atoms with Crippen LogP contribution >= 0.6 is 0 Å². The number of benzene rings is 2. The number of aliphatic hydroxyl groups excluding tert-OH is 1. The van der Waals surface area contributed by atoms with Crippen molar-refractivity contribution < 1.29 is 24.3 Å². The van der Waals surface area contributed by atoms with Gasteiger partial charge in [-0.15, -0.1) is 0 Å². The molecule has 0 aromatic heterocycles. The number of amides is 1. The number of fused-ring (bicyclic) bond motifs is 1. The van der Waals surface area contributed by atoms with Gasteiger partial charge in [-0.05, 0) is 50.1 Å². The molecule has 2 aromatic carbocycles. The molecule has 152 valence electrons. The van der Waals surface area contributed by atoms with Crippen molar-refractivity contribution in [3.8, 4) is 11.5 Å². The second-order valence-corrected chi connectivity index (χ2v) is 6.80. The number of nitrogens with one attached hydrogen (secondary N) is 1. The summed E-state index contributed by atoms with van der Waals surface area (Å²) < 4.78 is 10.9. The van der Waals surface area contributed by atoms with Gasteiger partial charge in [0.2, 0.25) is 12.7 Å². The molecule has 0 saturated carbocycles. The number of hydrogen-bond donors (Lipinski definition) is 2. The van der Waals surface area contributed by atoms with E-state index in [1.807, 2.05) is 0 Å². The maximum atomic E-state index is 11.5. The zero-order valence-electron chi connectivity index (χ0n) is 16.3. The number of nitro groups is 1. The molecule has 0 aliphatic carbocycles. The van der Waals surface area contributed by atoms with Crippen LogP contribution in [0.15, 0.2) is 35.4 Å². The number of aliphatic hydroxyl groups is 1. The number of hydrazone groups is 1. The van der Waals surface area contributed by atoms with Crippen molar-refractivity contribution in [1.29, 1.82) is 0 Å². The molecule has 2 aromatic rings. The molecule has 3 rings (SSSR count). The highest BCUT2D eigenvalue weighted by Crippen LogP contribution is 2.36. The van der Waals surface area contributed by atoms with Crippen LogP contribution in [-0.2, 0) is 11.2 Å². The summed E-state index contributed by atoms with van der Waals surface area (Å²) >= 11 is 0. The Morgan fingerprint density at radius 3 is 2.59 bits per heavy atom. The average molecular weight is 399 g/mol. The predicted octanol–water partition coefficient (Wildman–Crippen LogP) is 2.44. The molecule has 0 saturated heterocycles. The maximum absolute atomic E-state index is 11.5. The Kier molecular flexibility index (Phi) is 5.79. The number of aryl methyl sites for hydroxylation is 1. The summed E-state index contributed by atoms with van der Waals surface area (Å²) in [5, 5.41) is 25.3. The minimum absolute atomic E-state index is 0.0116. The van der Waals surface area contributed by atoms with E-state index in [1.54, 1.807) is 38.1 Å². The molecular formula is C20H21N3O6. The summed E-state index contributed by atoms with van der Waals surface area (Å²) in [6.45, 7) is 4.71. The van der Waals surface area contributed by atoms with Crippen molar-refractivity contribution in [3.05, 3.63) is 62.7 Å². The highest BCUT2D eigenvalue weighted by Gasteiger charge is 2.23. The van der Waals surface area contributed by atoms with E-state index in [2.05, 4.69) is 10.5 Å². The van der Waals surface area contributed by atoms with Crippen LogP contribution in [0, 0.1) is 17.0 Å². The zero-order valence-corrected chi connectivity index (χ0v) is 16.3. The van der Waals surface area contributed by atoms with E-state index in [1.165, 1.54) is 13.0 Å². The molecule has 1 aliphatic rings. The van der Waals surface area contributed by atoms with Crippen molar-refractivity contribution in [2.45, 2.75) is 33.3 Å². The summed E-state index contributed by atoms with van der Waals surface area (Å²) in [6, 6.07) is 8.11. The maximum Gasteiger partial charge on any atom is 0.272 e. The standard InChI is InChI=1S/C20H21N3O6/c1-11-6-14(4-5-17(11)23(26)27)20(22-21-13(3)25)16-9-19-18(28-10-29-19)8-15(16)7-12(2)24/h4-6,8-9,12,24H,7,10H2,1-3H3,(H,21,25)/t12-/m0/s1. The first-order valence-corrected chi connectivity index (χ1v) is 8.97. The molecule has 0 bridgehead atoms. The lowest BCUT2D eigenvalue weighted by Crippen LogP contribution is -2.19. The molecule has 0 fully saturated rings. The van der Waals surface area contributed by atoms with Crippen molar-refractivity contribution in [3.63, 3.8) is 0 Å². The Labute approximate surface area is 167 Å². The Balaban J connectivity index is 2.18. The third kappa shape index (κ3) is 4.52. The minimum Gasteiger partial charge on any atom is -0.454 e. The molecule has 1 aliphatic heterocycles. The number of nitrogens with zero attached hydrogens (tertiary/aromatic N) is 2. The molecule has 9 heteroatoms. The summed E-state index contributed by atoms with van der Waals surface area (Å²) in [4.78, 5) is 22.2. The van der Waals surface area contributed by atoms with Crippen LogP contribution in [0.1, 0.15) is 36.1 Å². The number of nitro benzene ring substituents is 1. The van der Waals surface area contributed by atoms with Gasteiger partial charge in [-0.1, -0.05) is 0 Å². The van der Waals surface area contributed by atoms with E-state index in [9.17, 15) is 20.0 Å². The minimum atomic E-state index is -0.630. The second kappa shape index (κ2) is 8.27. The van der Waals surface area contributed by atoms with Crippen LogP contribution in [0.2, 0.25) is 0 Å². The van der Waals surface area contributed by atoms with E-state index in [-0.39, 0.29) is 18.4 Å². The van der Waals surface area contributed by atoms with Crippen molar-refractivity contribution in [2.75, 3.05) is 6.79 Å². The summed E-state index contributed by atoms with van der Waals surface area (Å²) in [6.07, 6.45) is -0.313. The van der Waals surface area contributed by atoms with Crippen molar-refractivity contribution >= 4 is 17.3 Å². The molecule has 2 N–H and O–H groups in total. The first-order chi connectivity index (χ1) is 13.8. The molecule has 1 heterocycles. The monoisotopic (exact) mass is 399 g/mol. The van der Waals surface area contributed by atoms with Crippen LogP contribution in [0.25, 0.3) is 0 Å². The van der Waals surface area contributed by atoms with Crippen LogP contribution < -0.4 is 14.9 Å². The highest BCUT2D eigenvalue weighted by molar-refractivity contribution is 6.14. The Morgan fingerprint density at radius 2 is 2.00 bits per heavy atom. The van der Waals surface area contributed by atoms with E-state index in [4.69, 9.17) is 9.47 Å². The van der Waals surface area contributed by atoms with Crippen LogP contribution in [0.3, 0.4) is 0 Å². The van der Waals surface area contributed by atoms with Gasteiger partial charge in [-0.3, -0.25) is 14.9 Å². The normalized spacial score (nSPS) is 13.9. The molecule has 29 heavy (non-hydrogen) atoms. The number of carbonyl (C=O) groups is 1. The fourth-order valence-corrected chi connectivity index (χ4v) is 3.11. The van der Waals surface area contributed by atoms with Gasteiger partial charge in [0.25, 0.3) is 5.69 Å². The van der Waals surface area contributed by atoms with E-state index >= 15 is 0 Å². The smallest absolute Gasteiger partial charge is 0.272 e. The fraction of sp³-hybridized carbons (Fsp3) is 0.300. The zero-order chi connectivity index (χ0) is 21.1. The fourth-order valence-electron chi connectivity index (χ4n) is 3.11. The van der Waals surface area contributed by atoms with E-state index in [0.717, 1.165) is 5.56 Å². The number of hydrogen-bond acceptors (Lipinski definition) is 7. The Morgan fingerprint density at radius 1 is 1.31 bits per heavy atom. The van der Waals surface area contributed by atoms with Gasteiger partial charge in [-0.2, -0.15) is 5.10 Å². The van der Waals surface area contributed by atoms with Crippen LogP contribution in [-0.4, -0.2) is 34.5 Å². The third-order valence-corrected chi connectivity index (χ3v) is 4.36. The van der Waals surface area contributed by atoms with Gasteiger partial charge in [0.15, 0.2) is 11.5 Å². The van der Waals surface area contributed by atoms with Gasteiger partial charge in [0.1, 0.15) is 0 Å². The Bertz CT molecular complexity index is 1000. The van der Waals surface area contributed by atoms with Gasteiger partial charge in [0, 0.05) is 29.7 Å². The van der Waals surface area contributed by atoms with E-state index in [0.29, 0.717) is 40.3 Å². The lowest BCUT2D eigenvalue weighted by Gasteiger charge is -2.15. The number of carbonyl (C=O) groups excluding carboxylic acids is 1. The van der Waals surface area contributed by atoms with Crippen molar-refractivity contribution in [1.82, 2.24) is 5.43 Å². The first kappa shape index (κ1) is 20.3. The summed E-state index contributed by atoms with van der Waals surface area (Å²) in [5.41, 5.74) is 5.21.